The third-order valence-corrected chi connectivity index (χ3v) is 6.59. The summed E-state index contributed by atoms with van der Waals surface area (Å²) in [4.78, 5) is 16.9. The van der Waals surface area contributed by atoms with Crippen molar-refractivity contribution in [2.24, 2.45) is 11.3 Å². The molecule has 0 radical (unpaired) electrons. The van der Waals surface area contributed by atoms with Crippen molar-refractivity contribution in [1.29, 1.82) is 0 Å². The van der Waals surface area contributed by atoms with Gasteiger partial charge in [0.15, 0.2) is 0 Å². The number of aliphatic hydroxyl groups is 1. The Morgan fingerprint density at radius 1 is 1.29 bits per heavy atom. The molecule has 4 rings (SSSR count). The number of rotatable bonds is 3. The number of hydrogen-bond acceptors (Lipinski definition) is 4. The first-order chi connectivity index (χ1) is 11.4. The van der Waals surface area contributed by atoms with Gasteiger partial charge < -0.3 is 20.1 Å². The number of ether oxygens (including phenoxy) is 1. The zero-order valence-electron chi connectivity index (χ0n) is 15.0. The van der Waals surface area contributed by atoms with Crippen LogP contribution in [-0.2, 0) is 4.74 Å². The van der Waals surface area contributed by atoms with Crippen molar-refractivity contribution in [3.63, 3.8) is 0 Å². The van der Waals surface area contributed by atoms with E-state index in [4.69, 9.17) is 4.74 Å². The molecule has 4 fully saturated rings. The number of nitrogens with zero attached hydrogens (tertiary/aromatic N) is 2. The van der Waals surface area contributed by atoms with Crippen LogP contribution in [0, 0.1) is 11.3 Å². The van der Waals surface area contributed by atoms with Gasteiger partial charge in [0, 0.05) is 56.7 Å². The largest absolute Gasteiger partial charge is 0.389 e. The summed E-state index contributed by atoms with van der Waals surface area (Å²) in [5, 5.41) is 13.3. The Kier molecular flexibility index (Phi) is 4.05. The molecule has 136 valence electrons. The number of carbonyl (C=O) groups is 1. The molecular formula is C18H31N3O3. The molecule has 0 bridgehead atoms. The molecule has 0 aromatic rings. The molecule has 2 saturated carbocycles. The van der Waals surface area contributed by atoms with Gasteiger partial charge in [-0.1, -0.05) is 6.42 Å². The van der Waals surface area contributed by atoms with Crippen LogP contribution in [0.2, 0.25) is 0 Å². The van der Waals surface area contributed by atoms with E-state index < -0.39 is 5.60 Å². The van der Waals surface area contributed by atoms with E-state index in [9.17, 15) is 9.90 Å². The highest BCUT2D eigenvalue weighted by Crippen LogP contribution is 2.62. The molecule has 2 aliphatic carbocycles. The smallest absolute Gasteiger partial charge is 0.317 e. The standard InChI is InChI=1S/C18H31N3O3/c1-17(2,23)12-20-7-9-21(10-8-20)16(22)19-14-13-4-11-24-15(13)18(14)5-3-6-18/h13-15,23H,3-12H2,1-2H3,(H,19,22)/t13-,14+,15-/m0/s1. The van der Waals surface area contributed by atoms with E-state index in [0.717, 1.165) is 39.2 Å². The molecule has 2 aliphatic heterocycles. The second kappa shape index (κ2) is 5.85. The monoisotopic (exact) mass is 337 g/mol. The number of nitrogens with one attached hydrogen (secondary N) is 1. The number of carbonyl (C=O) groups excluding carboxylic acids is 1. The van der Waals surface area contributed by atoms with Crippen LogP contribution in [0.15, 0.2) is 0 Å². The Morgan fingerprint density at radius 2 is 2.00 bits per heavy atom. The second-order valence-corrected chi connectivity index (χ2v) is 8.83. The summed E-state index contributed by atoms with van der Waals surface area (Å²) in [6, 6.07) is 0.417. The number of β-amino-alcohol motifs (C(OH)–C–C–N with tert-alkyl or cyclic N) is 1. The zero-order valence-corrected chi connectivity index (χ0v) is 15.0. The molecular weight excluding hydrogens is 306 g/mol. The van der Waals surface area contributed by atoms with E-state index in [1.54, 1.807) is 0 Å². The summed E-state index contributed by atoms with van der Waals surface area (Å²) in [5.74, 6) is 0.533. The predicted molar refractivity (Wildman–Crippen MR) is 90.8 cm³/mol. The third-order valence-electron chi connectivity index (χ3n) is 6.59. The highest BCUT2D eigenvalue weighted by atomic mass is 16.5. The molecule has 2 N–H and O–H groups in total. The van der Waals surface area contributed by atoms with Crippen LogP contribution >= 0.6 is 0 Å². The Labute approximate surface area is 144 Å². The summed E-state index contributed by atoms with van der Waals surface area (Å²) < 4.78 is 5.93. The van der Waals surface area contributed by atoms with Gasteiger partial charge in [-0.2, -0.15) is 0 Å². The second-order valence-electron chi connectivity index (χ2n) is 8.83. The van der Waals surface area contributed by atoms with Gasteiger partial charge in [-0.15, -0.1) is 0 Å². The molecule has 4 aliphatic rings. The van der Waals surface area contributed by atoms with Crippen LogP contribution in [0.4, 0.5) is 4.79 Å². The fourth-order valence-corrected chi connectivity index (χ4v) is 5.34. The van der Waals surface area contributed by atoms with Gasteiger partial charge >= 0.3 is 6.03 Å². The summed E-state index contributed by atoms with van der Waals surface area (Å²) in [5.41, 5.74) is -0.427. The summed E-state index contributed by atoms with van der Waals surface area (Å²) in [6.45, 7) is 8.35. The van der Waals surface area contributed by atoms with Crippen molar-refractivity contribution in [3.8, 4) is 0 Å². The van der Waals surface area contributed by atoms with E-state index >= 15 is 0 Å². The van der Waals surface area contributed by atoms with Crippen LogP contribution in [0.25, 0.3) is 0 Å². The molecule has 24 heavy (non-hydrogen) atoms. The van der Waals surface area contributed by atoms with Crippen molar-refractivity contribution in [1.82, 2.24) is 15.1 Å². The number of urea groups is 1. The minimum atomic E-state index is -0.676. The van der Waals surface area contributed by atoms with Gasteiger partial charge in [-0.3, -0.25) is 4.90 Å². The SMILES string of the molecule is CC(C)(O)CN1CCN(C(=O)N[C@@H]2[C@@H]3CCO[C@@H]3C23CCC3)CC1. The Morgan fingerprint density at radius 3 is 2.58 bits per heavy atom. The number of fused-ring (bicyclic) bond motifs is 2. The van der Waals surface area contributed by atoms with Gasteiger partial charge in [-0.25, -0.2) is 4.79 Å². The third kappa shape index (κ3) is 2.72. The lowest BCUT2D eigenvalue weighted by Gasteiger charge is -2.63. The van der Waals surface area contributed by atoms with Crippen molar-refractivity contribution in [2.45, 2.75) is 57.3 Å². The van der Waals surface area contributed by atoms with Gasteiger partial charge in [0.05, 0.1) is 11.7 Å². The molecule has 0 aromatic heterocycles. The van der Waals surface area contributed by atoms with Crippen LogP contribution in [0.3, 0.4) is 0 Å². The molecule has 3 atom stereocenters. The Bertz CT molecular complexity index is 492. The van der Waals surface area contributed by atoms with Gasteiger partial charge in [0.25, 0.3) is 0 Å². The van der Waals surface area contributed by atoms with Crippen molar-refractivity contribution < 1.29 is 14.6 Å². The van der Waals surface area contributed by atoms with E-state index in [-0.39, 0.29) is 11.4 Å². The van der Waals surface area contributed by atoms with E-state index in [2.05, 4.69) is 10.2 Å². The van der Waals surface area contributed by atoms with Gasteiger partial charge in [-0.05, 0) is 33.1 Å². The normalized spacial score (nSPS) is 35.3. The molecule has 0 unspecified atom stereocenters. The highest BCUT2D eigenvalue weighted by molar-refractivity contribution is 5.75. The first-order valence-electron chi connectivity index (χ1n) is 9.51. The van der Waals surface area contributed by atoms with E-state index in [0.29, 0.717) is 24.6 Å². The van der Waals surface area contributed by atoms with Gasteiger partial charge in [0.2, 0.25) is 0 Å². The lowest BCUT2D eigenvalue weighted by atomic mass is 9.46. The molecule has 6 nitrogen and oxygen atoms in total. The lowest BCUT2D eigenvalue weighted by Crippen LogP contribution is -2.72. The molecule has 0 aromatic carbocycles. The fourth-order valence-electron chi connectivity index (χ4n) is 5.34. The van der Waals surface area contributed by atoms with E-state index in [1.807, 2.05) is 18.7 Å². The van der Waals surface area contributed by atoms with Crippen molar-refractivity contribution >= 4 is 6.03 Å². The first-order valence-corrected chi connectivity index (χ1v) is 9.51. The predicted octanol–water partition coefficient (Wildman–Crippen LogP) is 1.04. The molecule has 2 amide bonds. The average molecular weight is 337 g/mol. The summed E-state index contributed by atoms with van der Waals surface area (Å²) in [6.07, 6.45) is 5.18. The molecule has 2 saturated heterocycles. The van der Waals surface area contributed by atoms with Gasteiger partial charge in [0.1, 0.15) is 0 Å². The minimum Gasteiger partial charge on any atom is -0.389 e. The lowest BCUT2D eigenvalue weighted by molar-refractivity contribution is -0.172. The topological polar surface area (TPSA) is 65.0 Å². The van der Waals surface area contributed by atoms with Crippen molar-refractivity contribution in [2.75, 3.05) is 39.3 Å². The first kappa shape index (κ1) is 16.6. The Balaban J connectivity index is 1.30. The maximum atomic E-state index is 12.7. The van der Waals surface area contributed by atoms with Crippen LogP contribution < -0.4 is 5.32 Å². The average Bonchev–Trinajstić information content (AvgIpc) is 2.87. The maximum absolute atomic E-state index is 12.7. The summed E-state index contributed by atoms with van der Waals surface area (Å²) >= 11 is 0. The Hall–Kier alpha value is -0.850. The number of hydrogen-bond donors (Lipinski definition) is 2. The minimum absolute atomic E-state index is 0.0968. The zero-order chi connectivity index (χ0) is 16.9. The fraction of sp³-hybridized carbons (Fsp3) is 0.944. The molecule has 6 heteroatoms. The quantitative estimate of drug-likeness (QED) is 0.808. The van der Waals surface area contributed by atoms with E-state index in [1.165, 1.54) is 19.3 Å². The summed E-state index contributed by atoms with van der Waals surface area (Å²) in [7, 11) is 0. The highest BCUT2D eigenvalue weighted by Gasteiger charge is 2.67. The molecule has 1 spiro atoms. The van der Waals surface area contributed by atoms with Crippen molar-refractivity contribution in [3.05, 3.63) is 0 Å². The van der Waals surface area contributed by atoms with Crippen LogP contribution in [-0.4, -0.2) is 78.0 Å². The molecule has 2 heterocycles. The van der Waals surface area contributed by atoms with Crippen LogP contribution in [0.1, 0.15) is 39.5 Å². The number of amides is 2. The number of piperazine rings is 1. The van der Waals surface area contributed by atoms with Crippen LogP contribution in [0.5, 0.6) is 0 Å². The maximum Gasteiger partial charge on any atom is 0.317 e.